The molecule has 2 aliphatic heterocycles. The second kappa shape index (κ2) is 7.99. The molecule has 2 aromatic carbocycles. The fraction of sp³-hybridized carbons (Fsp3) is 0.269. The van der Waals surface area contributed by atoms with Crippen molar-refractivity contribution in [1.29, 1.82) is 0 Å². The van der Waals surface area contributed by atoms with E-state index in [2.05, 4.69) is 26.2 Å². The van der Waals surface area contributed by atoms with Crippen LogP contribution in [0.5, 0.6) is 0 Å². The van der Waals surface area contributed by atoms with Crippen molar-refractivity contribution in [3.63, 3.8) is 0 Å². The third-order valence-electron chi connectivity index (χ3n) is 5.90. The van der Waals surface area contributed by atoms with Gasteiger partial charge in [-0.1, -0.05) is 34.1 Å². The van der Waals surface area contributed by atoms with Crippen LogP contribution in [0, 0.1) is 0 Å². The smallest absolute Gasteiger partial charge is 0.417 e. The van der Waals surface area contributed by atoms with Crippen molar-refractivity contribution >= 4 is 44.5 Å². The van der Waals surface area contributed by atoms with Crippen LogP contribution in [-0.4, -0.2) is 34.0 Å². The Morgan fingerprint density at radius 1 is 1.15 bits per heavy atom. The molecule has 5 rings (SSSR count). The number of benzene rings is 2. The highest BCUT2D eigenvalue weighted by atomic mass is 79.9. The van der Waals surface area contributed by atoms with Crippen molar-refractivity contribution < 1.29 is 14.3 Å². The molecule has 3 heterocycles. The molecule has 0 saturated heterocycles. The average Bonchev–Trinajstić information content (AvgIpc) is 2.77. The van der Waals surface area contributed by atoms with E-state index >= 15 is 0 Å². The van der Waals surface area contributed by atoms with Crippen LogP contribution in [0.1, 0.15) is 44.2 Å². The summed E-state index contributed by atoms with van der Waals surface area (Å²) in [5.41, 5.74) is 4.57. The van der Waals surface area contributed by atoms with E-state index in [0.717, 1.165) is 37.9 Å². The summed E-state index contributed by atoms with van der Waals surface area (Å²) in [7, 11) is 0. The number of carbonyl (C=O) groups excluding carboxylic acids is 2. The highest BCUT2D eigenvalue weighted by Crippen LogP contribution is 2.47. The first-order chi connectivity index (χ1) is 15.7. The molecular formula is C26H24BrN3O3. The quantitative estimate of drug-likeness (QED) is 0.440. The largest absolute Gasteiger partial charge is 0.443 e. The molecule has 7 heteroatoms. The van der Waals surface area contributed by atoms with Gasteiger partial charge in [-0.3, -0.25) is 9.78 Å². The minimum atomic E-state index is -0.680. The van der Waals surface area contributed by atoms with Gasteiger partial charge >= 0.3 is 6.09 Å². The van der Waals surface area contributed by atoms with Crippen LogP contribution in [0.4, 0.5) is 10.5 Å². The molecule has 2 amide bonds. The number of pyridine rings is 1. The monoisotopic (exact) mass is 505 g/mol. The number of rotatable bonds is 1. The van der Waals surface area contributed by atoms with Gasteiger partial charge in [-0.25, -0.2) is 9.69 Å². The lowest BCUT2D eigenvalue weighted by Crippen LogP contribution is -2.47. The molecule has 0 saturated carbocycles. The van der Waals surface area contributed by atoms with E-state index in [-0.39, 0.29) is 18.4 Å². The van der Waals surface area contributed by atoms with Crippen LogP contribution in [0.15, 0.2) is 70.5 Å². The standard InChI is InChI=1S/C26H24BrN3O3/c1-26(2,3)33-25(32)30-14-12-20-22(24(30)31)21(15-6-8-16(27)9-7-15)18-10-11-19-17(23(18)29-20)5-4-13-28-19/h4-11,13,21,29H,12,14H2,1-3H3. The molecule has 0 radical (unpaired) electrons. The Bertz CT molecular complexity index is 1310. The van der Waals surface area contributed by atoms with E-state index in [1.807, 2.05) is 48.5 Å². The number of imide groups is 1. The summed E-state index contributed by atoms with van der Waals surface area (Å²) in [4.78, 5) is 32.3. The number of carbonyl (C=O) groups is 2. The summed E-state index contributed by atoms with van der Waals surface area (Å²) in [6, 6.07) is 15.9. The number of amides is 2. The number of aromatic nitrogens is 1. The van der Waals surface area contributed by atoms with E-state index < -0.39 is 11.7 Å². The van der Waals surface area contributed by atoms with Gasteiger partial charge in [0.05, 0.1) is 11.2 Å². The summed E-state index contributed by atoms with van der Waals surface area (Å²) in [5, 5.41) is 4.53. The molecule has 0 aliphatic carbocycles. The van der Waals surface area contributed by atoms with E-state index in [4.69, 9.17) is 4.74 Å². The predicted molar refractivity (Wildman–Crippen MR) is 131 cm³/mol. The predicted octanol–water partition coefficient (Wildman–Crippen LogP) is 5.98. The Morgan fingerprint density at radius 2 is 1.91 bits per heavy atom. The SMILES string of the molecule is CC(C)(C)OC(=O)N1CCC2=C(C1=O)C(c1ccc(Br)cc1)c1ccc3ncccc3c1N2. The molecule has 1 unspecified atom stereocenters. The third-order valence-corrected chi connectivity index (χ3v) is 6.42. The van der Waals surface area contributed by atoms with Crippen molar-refractivity contribution in [1.82, 2.24) is 9.88 Å². The highest BCUT2D eigenvalue weighted by molar-refractivity contribution is 9.10. The number of ether oxygens (including phenoxy) is 1. The van der Waals surface area contributed by atoms with Gasteiger partial charge < -0.3 is 10.1 Å². The molecule has 1 aromatic heterocycles. The Hall–Kier alpha value is -3.19. The summed E-state index contributed by atoms with van der Waals surface area (Å²) in [5.74, 6) is -0.630. The first kappa shape index (κ1) is 21.6. The molecule has 1 atom stereocenters. The highest BCUT2D eigenvalue weighted by Gasteiger charge is 2.41. The van der Waals surface area contributed by atoms with E-state index in [1.54, 1.807) is 27.0 Å². The zero-order valence-electron chi connectivity index (χ0n) is 18.7. The molecule has 2 aliphatic rings. The first-order valence-corrected chi connectivity index (χ1v) is 11.7. The fourth-order valence-electron chi connectivity index (χ4n) is 4.51. The van der Waals surface area contributed by atoms with Gasteiger partial charge in [0.15, 0.2) is 0 Å². The third kappa shape index (κ3) is 3.91. The lowest BCUT2D eigenvalue weighted by Gasteiger charge is -2.38. The number of hydrogen-bond donors (Lipinski definition) is 1. The molecular weight excluding hydrogens is 482 g/mol. The number of anilines is 1. The van der Waals surface area contributed by atoms with E-state index in [0.29, 0.717) is 12.0 Å². The summed E-state index contributed by atoms with van der Waals surface area (Å²) in [6.45, 7) is 5.66. The maximum Gasteiger partial charge on any atom is 0.417 e. The van der Waals surface area contributed by atoms with Gasteiger partial charge in [0, 0.05) is 46.2 Å². The van der Waals surface area contributed by atoms with Gasteiger partial charge in [-0.15, -0.1) is 0 Å². The molecule has 0 spiro atoms. The molecule has 0 fully saturated rings. The first-order valence-electron chi connectivity index (χ1n) is 10.9. The lowest BCUT2D eigenvalue weighted by atomic mass is 9.78. The Labute approximate surface area is 200 Å². The second-order valence-corrected chi connectivity index (χ2v) is 10.2. The van der Waals surface area contributed by atoms with Crippen LogP contribution >= 0.6 is 15.9 Å². The fourth-order valence-corrected chi connectivity index (χ4v) is 4.77. The number of nitrogens with one attached hydrogen (secondary N) is 1. The topological polar surface area (TPSA) is 71.5 Å². The van der Waals surface area contributed by atoms with Crippen molar-refractivity contribution in [2.75, 3.05) is 11.9 Å². The maximum absolute atomic E-state index is 13.7. The number of halogens is 1. The van der Waals surface area contributed by atoms with Gasteiger partial charge in [0.2, 0.25) is 0 Å². The summed E-state index contributed by atoms with van der Waals surface area (Å²) < 4.78 is 6.48. The van der Waals surface area contributed by atoms with Crippen LogP contribution in [0.3, 0.4) is 0 Å². The molecule has 1 N–H and O–H groups in total. The lowest BCUT2D eigenvalue weighted by molar-refractivity contribution is -0.127. The number of hydrogen-bond acceptors (Lipinski definition) is 5. The Balaban J connectivity index is 1.66. The molecule has 168 valence electrons. The van der Waals surface area contributed by atoms with Crippen molar-refractivity contribution in [3.05, 3.63) is 81.6 Å². The molecule has 6 nitrogen and oxygen atoms in total. The number of nitrogens with zero attached hydrogens (tertiary/aromatic N) is 2. The summed E-state index contributed by atoms with van der Waals surface area (Å²) in [6.07, 6.45) is 1.70. The Kier molecular flexibility index (Phi) is 5.24. The second-order valence-electron chi connectivity index (χ2n) is 9.29. The maximum atomic E-state index is 13.7. The average molecular weight is 506 g/mol. The molecule has 3 aromatic rings. The molecule has 33 heavy (non-hydrogen) atoms. The van der Waals surface area contributed by atoms with Crippen LogP contribution < -0.4 is 5.32 Å². The normalized spacial score (nSPS) is 18.0. The van der Waals surface area contributed by atoms with Gasteiger partial charge in [0.25, 0.3) is 5.91 Å². The van der Waals surface area contributed by atoms with Crippen LogP contribution in [0.25, 0.3) is 10.9 Å². The van der Waals surface area contributed by atoms with E-state index in [1.165, 1.54) is 4.90 Å². The van der Waals surface area contributed by atoms with Crippen LogP contribution in [-0.2, 0) is 9.53 Å². The van der Waals surface area contributed by atoms with Gasteiger partial charge in [-0.2, -0.15) is 0 Å². The van der Waals surface area contributed by atoms with E-state index in [9.17, 15) is 9.59 Å². The van der Waals surface area contributed by atoms with Crippen molar-refractivity contribution in [3.8, 4) is 0 Å². The summed E-state index contributed by atoms with van der Waals surface area (Å²) >= 11 is 3.50. The van der Waals surface area contributed by atoms with Gasteiger partial charge in [-0.05, 0) is 62.2 Å². The minimum Gasteiger partial charge on any atom is -0.443 e. The zero-order chi connectivity index (χ0) is 23.3. The zero-order valence-corrected chi connectivity index (χ0v) is 20.3. The molecule has 0 bridgehead atoms. The van der Waals surface area contributed by atoms with Crippen LogP contribution in [0.2, 0.25) is 0 Å². The van der Waals surface area contributed by atoms with Crippen molar-refractivity contribution in [2.24, 2.45) is 0 Å². The van der Waals surface area contributed by atoms with Gasteiger partial charge in [0.1, 0.15) is 5.60 Å². The Morgan fingerprint density at radius 3 is 2.64 bits per heavy atom. The van der Waals surface area contributed by atoms with Crippen molar-refractivity contribution in [2.45, 2.75) is 38.7 Å². The number of fused-ring (bicyclic) bond motifs is 3. The minimum absolute atomic E-state index is 0.269.